The molecule has 0 atom stereocenters. The van der Waals surface area contributed by atoms with Crippen molar-refractivity contribution in [3.05, 3.63) is 21.3 Å². The highest BCUT2D eigenvalue weighted by Crippen LogP contribution is 2.33. The number of ketones is 1. The number of nitrogens with two attached hydrogens (primary N) is 1. The number of Topliss-reactive ketones (excluding diaryl/α,β-unsaturated/α-hetero) is 1. The van der Waals surface area contributed by atoms with Gasteiger partial charge >= 0.3 is 0 Å². The van der Waals surface area contributed by atoms with Crippen molar-refractivity contribution in [3.63, 3.8) is 0 Å². The summed E-state index contributed by atoms with van der Waals surface area (Å²) >= 11 is 7.05. The number of hydrogen-bond donors (Lipinski definition) is 1. The van der Waals surface area contributed by atoms with Gasteiger partial charge in [0.05, 0.1) is 27.8 Å². The summed E-state index contributed by atoms with van der Waals surface area (Å²) in [5.74, 6) is 0.0585. The van der Waals surface area contributed by atoms with Crippen molar-refractivity contribution < 1.29 is 9.53 Å². The number of rotatable bonds is 3. The van der Waals surface area contributed by atoms with E-state index in [1.165, 1.54) is 11.3 Å². The normalized spacial score (nSPS) is 19.0. The van der Waals surface area contributed by atoms with Crippen LogP contribution in [0.2, 0.25) is 4.34 Å². The molecule has 14 heavy (non-hydrogen) atoms. The van der Waals surface area contributed by atoms with Gasteiger partial charge in [0.2, 0.25) is 0 Å². The van der Waals surface area contributed by atoms with Crippen LogP contribution < -0.4 is 5.73 Å². The second-order valence-electron chi connectivity index (χ2n) is 3.41. The molecule has 2 rings (SSSR count). The van der Waals surface area contributed by atoms with Crippen LogP contribution in [-0.2, 0) is 4.74 Å². The Morgan fingerprint density at radius 1 is 1.64 bits per heavy atom. The Morgan fingerprint density at radius 2 is 2.36 bits per heavy atom. The van der Waals surface area contributed by atoms with Crippen LogP contribution in [0.15, 0.2) is 12.1 Å². The summed E-state index contributed by atoms with van der Waals surface area (Å²) < 4.78 is 5.68. The van der Waals surface area contributed by atoms with Gasteiger partial charge in [0.25, 0.3) is 0 Å². The van der Waals surface area contributed by atoms with Gasteiger partial charge in [0.1, 0.15) is 0 Å². The van der Waals surface area contributed by atoms with Crippen LogP contribution >= 0.6 is 22.9 Å². The van der Waals surface area contributed by atoms with E-state index in [9.17, 15) is 4.79 Å². The molecule has 2 N–H and O–H groups in total. The first-order chi connectivity index (χ1) is 6.68. The van der Waals surface area contributed by atoms with Crippen molar-refractivity contribution in [2.45, 2.75) is 0 Å². The molecule has 0 aromatic carbocycles. The van der Waals surface area contributed by atoms with Crippen molar-refractivity contribution in [2.75, 3.05) is 19.8 Å². The smallest absolute Gasteiger partial charge is 0.184 e. The fourth-order valence-corrected chi connectivity index (χ4v) is 2.49. The van der Waals surface area contributed by atoms with Gasteiger partial charge in [-0.25, -0.2) is 0 Å². The lowest BCUT2D eigenvalue weighted by Gasteiger charge is -2.38. The molecule has 0 unspecified atom stereocenters. The van der Waals surface area contributed by atoms with E-state index in [1.807, 2.05) is 0 Å². The van der Waals surface area contributed by atoms with Crippen LogP contribution in [0.4, 0.5) is 0 Å². The molecule has 3 nitrogen and oxygen atoms in total. The van der Waals surface area contributed by atoms with Gasteiger partial charge in [0.15, 0.2) is 5.78 Å². The molecule has 0 bridgehead atoms. The van der Waals surface area contributed by atoms with Gasteiger partial charge in [-0.2, -0.15) is 0 Å². The Balaban J connectivity index is 2.23. The predicted molar refractivity (Wildman–Crippen MR) is 56.0 cm³/mol. The van der Waals surface area contributed by atoms with Crippen LogP contribution in [0.1, 0.15) is 9.67 Å². The summed E-state index contributed by atoms with van der Waals surface area (Å²) in [5.41, 5.74) is 5.09. The Hall–Kier alpha value is -0.420. The third-order valence-corrected chi connectivity index (χ3v) is 3.66. The zero-order valence-corrected chi connectivity index (χ0v) is 9.03. The zero-order valence-electron chi connectivity index (χ0n) is 7.46. The summed E-state index contributed by atoms with van der Waals surface area (Å²) in [4.78, 5) is 12.7. The monoisotopic (exact) mass is 231 g/mol. The fraction of sp³-hybridized carbons (Fsp3) is 0.444. The molecule has 1 aliphatic heterocycles. The lowest BCUT2D eigenvalue weighted by atomic mass is 9.81. The standard InChI is InChI=1S/C9H10ClNO2S/c10-7-2-1-6(14-7)8(12)9(3-11)4-13-5-9/h1-2H,3-5,11H2. The van der Waals surface area contributed by atoms with E-state index in [0.29, 0.717) is 29.0 Å². The number of carbonyl (C=O) groups excluding carboxylic acids is 1. The fourth-order valence-electron chi connectivity index (χ4n) is 1.39. The first kappa shape index (κ1) is 10.1. The molecule has 1 saturated heterocycles. The highest BCUT2D eigenvalue weighted by molar-refractivity contribution is 7.18. The molecule has 1 aromatic rings. The van der Waals surface area contributed by atoms with E-state index in [1.54, 1.807) is 12.1 Å². The maximum atomic E-state index is 12.0. The molecule has 0 amide bonds. The molecule has 0 saturated carbocycles. The van der Waals surface area contributed by atoms with Crippen LogP contribution in [0.3, 0.4) is 0 Å². The summed E-state index contributed by atoms with van der Waals surface area (Å²) in [6.07, 6.45) is 0. The number of halogens is 1. The van der Waals surface area contributed by atoms with E-state index >= 15 is 0 Å². The van der Waals surface area contributed by atoms with Gasteiger partial charge in [-0.1, -0.05) is 11.6 Å². The maximum Gasteiger partial charge on any atom is 0.184 e. The van der Waals surface area contributed by atoms with Gasteiger partial charge in [-0.15, -0.1) is 11.3 Å². The van der Waals surface area contributed by atoms with E-state index < -0.39 is 5.41 Å². The molecule has 76 valence electrons. The molecule has 1 aromatic heterocycles. The summed E-state index contributed by atoms with van der Waals surface area (Å²) in [7, 11) is 0. The molecular formula is C9H10ClNO2S. The molecule has 1 fully saturated rings. The SMILES string of the molecule is NCC1(C(=O)c2ccc(Cl)s2)COC1. The number of ether oxygens (including phenoxy) is 1. The van der Waals surface area contributed by atoms with Gasteiger partial charge < -0.3 is 10.5 Å². The number of thiophene rings is 1. The van der Waals surface area contributed by atoms with Crippen LogP contribution in [0, 0.1) is 5.41 Å². The molecule has 5 heteroatoms. The third kappa shape index (κ3) is 1.48. The minimum atomic E-state index is -0.492. The quantitative estimate of drug-likeness (QED) is 0.804. The predicted octanol–water partition coefficient (Wildman–Crippen LogP) is 1.56. The Labute approximate surface area is 90.8 Å². The average Bonchev–Trinajstić information content (AvgIpc) is 2.50. The highest BCUT2D eigenvalue weighted by Gasteiger charge is 2.45. The first-order valence-electron chi connectivity index (χ1n) is 4.26. The van der Waals surface area contributed by atoms with Crippen LogP contribution in [-0.4, -0.2) is 25.5 Å². The minimum Gasteiger partial charge on any atom is -0.379 e. The highest BCUT2D eigenvalue weighted by atomic mass is 35.5. The lowest BCUT2D eigenvalue weighted by Crippen LogP contribution is -2.53. The topological polar surface area (TPSA) is 52.3 Å². The molecule has 0 radical (unpaired) electrons. The first-order valence-corrected chi connectivity index (χ1v) is 5.45. The van der Waals surface area contributed by atoms with Crippen molar-refractivity contribution in [3.8, 4) is 0 Å². The minimum absolute atomic E-state index is 0.0585. The molecule has 2 heterocycles. The summed E-state index contributed by atoms with van der Waals surface area (Å²) in [5, 5.41) is 0. The van der Waals surface area contributed by atoms with Crippen LogP contribution in [0.25, 0.3) is 0 Å². The van der Waals surface area contributed by atoms with E-state index in [0.717, 1.165) is 0 Å². The molecule has 0 spiro atoms. The lowest BCUT2D eigenvalue weighted by molar-refractivity contribution is -0.0814. The second kappa shape index (κ2) is 3.62. The van der Waals surface area contributed by atoms with Crippen molar-refractivity contribution in [1.82, 2.24) is 0 Å². The van der Waals surface area contributed by atoms with E-state index in [4.69, 9.17) is 22.1 Å². The average molecular weight is 232 g/mol. The molecular weight excluding hydrogens is 222 g/mol. The van der Waals surface area contributed by atoms with Crippen LogP contribution in [0.5, 0.6) is 0 Å². The van der Waals surface area contributed by atoms with Crippen molar-refractivity contribution in [1.29, 1.82) is 0 Å². The maximum absolute atomic E-state index is 12.0. The van der Waals surface area contributed by atoms with Gasteiger partial charge in [-0.05, 0) is 12.1 Å². The van der Waals surface area contributed by atoms with Gasteiger partial charge in [-0.3, -0.25) is 4.79 Å². The number of carbonyl (C=O) groups is 1. The molecule has 1 aliphatic rings. The Bertz CT molecular complexity index is 354. The summed E-state index contributed by atoms with van der Waals surface area (Å²) in [6.45, 7) is 1.19. The van der Waals surface area contributed by atoms with Gasteiger partial charge in [0, 0.05) is 6.54 Å². The summed E-state index contributed by atoms with van der Waals surface area (Å²) in [6, 6.07) is 3.47. The van der Waals surface area contributed by atoms with E-state index in [-0.39, 0.29) is 5.78 Å². The second-order valence-corrected chi connectivity index (χ2v) is 5.13. The Morgan fingerprint density at radius 3 is 2.71 bits per heavy atom. The zero-order chi connectivity index (χ0) is 10.2. The van der Waals surface area contributed by atoms with E-state index in [2.05, 4.69) is 0 Å². The Kier molecular flexibility index (Phi) is 2.62. The number of hydrogen-bond acceptors (Lipinski definition) is 4. The third-order valence-electron chi connectivity index (χ3n) is 2.43. The largest absolute Gasteiger partial charge is 0.379 e. The molecule has 0 aliphatic carbocycles. The van der Waals surface area contributed by atoms with Crippen molar-refractivity contribution >= 4 is 28.7 Å². The van der Waals surface area contributed by atoms with Crippen molar-refractivity contribution in [2.24, 2.45) is 11.1 Å².